The lowest BCUT2D eigenvalue weighted by atomic mass is 10.3. The highest BCUT2D eigenvalue weighted by Crippen LogP contribution is 2.17. The largest absolute Gasteiger partial charge is 0.350 e. The van der Waals surface area contributed by atoms with E-state index in [1.807, 2.05) is 18.2 Å². The summed E-state index contributed by atoms with van der Waals surface area (Å²) in [5, 5.41) is 0. The summed E-state index contributed by atoms with van der Waals surface area (Å²) < 4.78 is 10.3. The third kappa shape index (κ3) is 2.64. The van der Waals surface area contributed by atoms with Gasteiger partial charge in [-0.15, -0.1) is 0 Å². The molecule has 0 atom stereocenters. The zero-order chi connectivity index (χ0) is 12.1. The van der Waals surface area contributed by atoms with E-state index in [9.17, 15) is 0 Å². The van der Waals surface area contributed by atoms with Crippen LogP contribution in [0.15, 0.2) is 36.7 Å². The van der Waals surface area contributed by atoms with Crippen molar-refractivity contribution in [2.24, 2.45) is 0 Å². The fraction of sp³-hybridized carbons (Fsp3) is 0.250. The molecule has 0 spiro atoms. The van der Waals surface area contributed by atoms with Crippen LogP contribution in [0, 0.1) is 0 Å². The Labute approximate surface area is 99.5 Å². The Hall–Kier alpha value is -1.85. The van der Waals surface area contributed by atoms with Crippen molar-refractivity contribution in [3.8, 4) is 11.5 Å². The van der Waals surface area contributed by atoms with E-state index in [0.717, 1.165) is 5.69 Å². The Balaban J connectivity index is 2.35. The van der Waals surface area contributed by atoms with Crippen LogP contribution in [0.5, 0.6) is 0 Å². The van der Waals surface area contributed by atoms with Crippen molar-refractivity contribution < 1.29 is 9.47 Å². The molecule has 2 heterocycles. The van der Waals surface area contributed by atoms with Crippen LogP contribution < -0.4 is 0 Å². The van der Waals surface area contributed by atoms with Gasteiger partial charge in [0, 0.05) is 26.6 Å². The number of ether oxygens (including phenoxy) is 2. The molecule has 2 aromatic heterocycles. The van der Waals surface area contributed by atoms with Gasteiger partial charge in [-0.25, -0.2) is 9.97 Å². The van der Waals surface area contributed by atoms with Gasteiger partial charge in [0.15, 0.2) is 5.82 Å². The highest BCUT2D eigenvalue weighted by molar-refractivity contribution is 5.48. The van der Waals surface area contributed by atoms with Crippen LogP contribution in [0.3, 0.4) is 0 Å². The molecule has 0 unspecified atom stereocenters. The first-order valence-electron chi connectivity index (χ1n) is 5.15. The summed E-state index contributed by atoms with van der Waals surface area (Å²) in [5.41, 5.74) is 1.39. The Morgan fingerprint density at radius 2 is 1.82 bits per heavy atom. The van der Waals surface area contributed by atoms with Crippen molar-refractivity contribution in [2.45, 2.75) is 6.29 Å². The summed E-state index contributed by atoms with van der Waals surface area (Å²) in [4.78, 5) is 12.7. The Morgan fingerprint density at radius 3 is 2.47 bits per heavy atom. The van der Waals surface area contributed by atoms with Crippen molar-refractivity contribution in [1.82, 2.24) is 15.0 Å². The molecule has 0 aliphatic carbocycles. The van der Waals surface area contributed by atoms with E-state index in [0.29, 0.717) is 11.5 Å². The van der Waals surface area contributed by atoms with Gasteiger partial charge < -0.3 is 9.47 Å². The predicted octanol–water partition coefficient (Wildman–Crippen LogP) is 1.83. The van der Waals surface area contributed by atoms with Crippen LogP contribution in [0.4, 0.5) is 0 Å². The molecule has 0 saturated carbocycles. The predicted molar refractivity (Wildman–Crippen MR) is 62.0 cm³/mol. The number of rotatable bonds is 4. The summed E-state index contributed by atoms with van der Waals surface area (Å²) in [6.45, 7) is 0. The van der Waals surface area contributed by atoms with Crippen LogP contribution in [0.2, 0.25) is 0 Å². The molecule has 0 amide bonds. The lowest BCUT2D eigenvalue weighted by Gasteiger charge is -2.12. The van der Waals surface area contributed by atoms with E-state index < -0.39 is 6.29 Å². The summed E-state index contributed by atoms with van der Waals surface area (Å²) >= 11 is 0. The molecule has 0 aliphatic rings. The molecule has 0 bridgehead atoms. The van der Waals surface area contributed by atoms with Crippen LogP contribution in [-0.2, 0) is 9.47 Å². The number of aromatic nitrogens is 3. The molecule has 5 heteroatoms. The Kier molecular flexibility index (Phi) is 3.74. The molecule has 2 rings (SSSR count). The van der Waals surface area contributed by atoms with Gasteiger partial charge in [0.05, 0.1) is 0 Å². The fourth-order valence-electron chi connectivity index (χ4n) is 1.46. The average molecular weight is 231 g/mol. The van der Waals surface area contributed by atoms with E-state index in [4.69, 9.17) is 9.47 Å². The van der Waals surface area contributed by atoms with Gasteiger partial charge >= 0.3 is 0 Å². The van der Waals surface area contributed by atoms with Gasteiger partial charge in [-0.05, 0) is 18.2 Å². The molecule has 0 aromatic carbocycles. The normalized spacial score (nSPS) is 10.8. The smallest absolute Gasteiger partial charge is 0.200 e. The first-order chi connectivity index (χ1) is 8.35. The Morgan fingerprint density at radius 1 is 1.00 bits per heavy atom. The van der Waals surface area contributed by atoms with Crippen molar-refractivity contribution in [1.29, 1.82) is 0 Å². The number of hydrogen-bond donors (Lipinski definition) is 0. The minimum absolute atomic E-state index is 0.486. The van der Waals surface area contributed by atoms with Crippen molar-refractivity contribution in [3.05, 3.63) is 42.4 Å². The van der Waals surface area contributed by atoms with Gasteiger partial charge in [0.2, 0.25) is 6.29 Å². The van der Waals surface area contributed by atoms with E-state index in [1.165, 1.54) is 0 Å². The lowest BCUT2D eigenvalue weighted by molar-refractivity contribution is -0.108. The highest BCUT2D eigenvalue weighted by atomic mass is 16.7. The van der Waals surface area contributed by atoms with E-state index >= 15 is 0 Å². The van der Waals surface area contributed by atoms with Crippen LogP contribution in [0.25, 0.3) is 11.5 Å². The lowest BCUT2D eigenvalue weighted by Crippen LogP contribution is -2.07. The van der Waals surface area contributed by atoms with Crippen LogP contribution in [-0.4, -0.2) is 29.2 Å². The maximum atomic E-state index is 5.14. The topological polar surface area (TPSA) is 57.1 Å². The van der Waals surface area contributed by atoms with Gasteiger partial charge in [-0.2, -0.15) is 0 Å². The monoisotopic (exact) mass is 231 g/mol. The minimum atomic E-state index is -0.486. The first-order valence-corrected chi connectivity index (χ1v) is 5.15. The molecule has 2 aromatic rings. The highest BCUT2D eigenvalue weighted by Gasteiger charge is 2.12. The molecule has 88 valence electrons. The maximum absolute atomic E-state index is 5.14. The molecule has 5 nitrogen and oxygen atoms in total. The number of methoxy groups -OCH3 is 2. The summed E-state index contributed by atoms with van der Waals surface area (Å²) in [5.74, 6) is 0.558. The number of pyridine rings is 1. The second-order valence-corrected chi connectivity index (χ2v) is 3.32. The molecule has 0 radical (unpaired) electrons. The SMILES string of the molecule is COC(OC)c1ccnc(-c2ccccn2)n1. The van der Waals surface area contributed by atoms with E-state index in [-0.39, 0.29) is 0 Å². The Bertz CT molecular complexity index is 472. The summed E-state index contributed by atoms with van der Waals surface area (Å²) in [6, 6.07) is 7.35. The molecule has 17 heavy (non-hydrogen) atoms. The molecular formula is C12H13N3O2. The molecular weight excluding hydrogens is 218 g/mol. The minimum Gasteiger partial charge on any atom is -0.350 e. The van der Waals surface area contributed by atoms with Crippen LogP contribution >= 0.6 is 0 Å². The third-order valence-corrected chi connectivity index (χ3v) is 2.24. The number of hydrogen-bond acceptors (Lipinski definition) is 5. The van der Waals surface area contributed by atoms with Gasteiger partial charge in [-0.1, -0.05) is 6.07 Å². The first kappa shape index (κ1) is 11.6. The van der Waals surface area contributed by atoms with E-state index in [2.05, 4.69) is 15.0 Å². The van der Waals surface area contributed by atoms with Gasteiger partial charge in [0.1, 0.15) is 11.4 Å². The number of nitrogens with zero attached hydrogens (tertiary/aromatic N) is 3. The zero-order valence-corrected chi connectivity index (χ0v) is 9.70. The third-order valence-electron chi connectivity index (χ3n) is 2.24. The average Bonchev–Trinajstić information content (AvgIpc) is 2.42. The second-order valence-electron chi connectivity index (χ2n) is 3.32. The molecule has 0 N–H and O–H groups in total. The van der Waals surface area contributed by atoms with Gasteiger partial charge in [-0.3, -0.25) is 4.98 Å². The quantitative estimate of drug-likeness (QED) is 0.751. The zero-order valence-electron chi connectivity index (χ0n) is 9.70. The molecule has 0 aliphatic heterocycles. The standard InChI is InChI=1S/C12H13N3O2/c1-16-12(17-2)10-6-8-14-11(15-10)9-5-3-4-7-13-9/h3-8,12H,1-2H3. The maximum Gasteiger partial charge on any atom is 0.200 e. The van der Waals surface area contributed by atoms with Gasteiger partial charge in [0.25, 0.3) is 0 Å². The van der Waals surface area contributed by atoms with Crippen LogP contribution in [0.1, 0.15) is 12.0 Å². The van der Waals surface area contributed by atoms with Crippen molar-refractivity contribution in [3.63, 3.8) is 0 Å². The molecule has 0 fully saturated rings. The van der Waals surface area contributed by atoms with Crippen molar-refractivity contribution >= 4 is 0 Å². The van der Waals surface area contributed by atoms with E-state index in [1.54, 1.807) is 32.7 Å². The fourth-order valence-corrected chi connectivity index (χ4v) is 1.46. The summed E-state index contributed by atoms with van der Waals surface area (Å²) in [7, 11) is 3.13. The summed E-state index contributed by atoms with van der Waals surface area (Å²) in [6.07, 6.45) is 2.88. The van der Waals surface area contributed by atoms with Crippen molar-refractivity contribution in [2.75, 3.05) is 14.2 Å². The molecule has 0 saturated heterocycles. The second kappa shape index (κ2) is 5.47.